The molecule has 0 aliphatic carbocycles. The molecule has 0 unspecified atom stereocenters. The maximum absolute atomic E-state index is 4.59. The fourth-order valence-corrected chi connectivity index (χ4v) is 3.78. The second-order valence-corrected chi connectivity index (χ2v) is 7.64. The third-order valence-electron chi connectivity index (χ3n) is 3.49. The Bertz CT molecular complexity index is 447. The minimum absolute atomic E-state index is 0.297. The number of aromatic nitrogens is 2. The number of hydrogen-bond acceptors (Lipinski definition) is 5. The number of thioether (sulfide) groups is 1. The van der Waals surface area contributed by atoms with Gasteiger partial charge in [-0.2, -0.15) is 11.8 Å². The Morgan fingerprint density at radius 2 is 2.15 bits per heavy atom. The molecular weight excluding hydrogens is 268 g/mol. The van der Waals surface area contributed by atoms with Gasteiger partial charge in [-0.3, -0.25) is 0 Å². The molecule has 1 aromatic rings. The van der Waals surface area contributed by atoms with Crippen molar-refractivity contribution in [3.8, 4) is 0 Å². The van der Waals surface area contributed by atoms with E-state index in [-0.39, 0.29) is 0 Å². The molecule has 4 nitrogen and oxygen atoms in total. The highest BCUT2D eigenvalue weighted by atomic mass is 32.2. The lowest BCUT2D eigenvalue weighted by molar-refractivity contribution is 0.638. The Morgan fingerprint density at radius 3 is 2.80 bits per heavy atom. The van der Waals surface area contributed by atoms with Crippen LogP contribution in [0.15, 0.2) is 6.33 Å². The summed E-state index contributed by atoms with van der Waals surface area (Å²) in [4.78, 5) is 11.5. The van der Waals surface area contributed by atoms with Crippen molar-refractivity contribution in [1.82, 2.24) is 9.97 Å². The normalized spacial score (nSPS) is 18.1. The largest absolute Gasteiger partial charge is 0.370 e. The second-order valence-electron chi connectivity index (χ2n) is 5.83. The summed E-state index contributed by atoms with van der Waals surface area (Å²) in [6, 6.07) is 0. The Balaban J connectivity index is 2.32. The van der Waals surface area contributed by atoms with Gasteiger partial charge >= 0.3 is 0 Å². The fraction of sp³-hybridized carbons (Fsp3) is 0.733. The van der Waals surface area contributed by atoms with Crippen LogP contribution in [0.4, 0.5) is 11.6 Å². The van der Waals surface area contributed by atoms with Crippen LogP contribution >= 0.6 is 11.8 Å². The number of anilines is 2. The first-order valence-electron chi connectivity index (χ1n) is 7.54. The second kappa shape index (κ2) is 6.66. The van der Waals surface area contributed by atoms with Gasteiger partial charge in [-0.1, -0.05) is 13.3 Å². The van der Waals surface area contributed by atoms with Crippen LogP contribution in [-0.2, 0) is 6.42 Å². The predicted molar refractivity (Wildman–Crippen MR) is 88.9 cm³/mol. The van der Waals surface area contributed by atoms with Crippen LogP contribution in [0.1, 0.15) is 39.7 Å². The van der Waals surface area contributed by atoms with E-state index in [1.165, 1.54) is 11.3 Å². The summed E-state index contributed by atoms with van der Waals surface area (Å²) in [5, 5.41) is 3.38. The lowest BCUT2D eigenvalue weighted by Gasteiger charge is -2.39. The highest BCUT2D eigenvalue weighted by Crippen LogP contribution is 2.34. The summed E-state index contributed by atoms with van der Waals surface area (Å²) < 4.78 is 0.297. The summed E-state index contributed by atoms with van der Waals surface area (Å²) in [6.07, 6.45) is 3.84. The van der Waals surface area contributed by atoms with E-state index in [1.54, 1.807) is 6.33 Å². The first-order chi connectivity index (χ1) is 9.57. The number of hydrogen-bond donors (Lipinski definition) is 1. The monoisotopic (exact) mass is 294 g/mol. The summed E-state index contributed by atoms with van der Waals surface area (Å²) in [7, 11) is 0. The van der Waals surface area contributed by atoms with Crippen LogP contribution in [0, 0.1) is 0 Å². The van der Waals surface area contributed by atoms with Gasteiger partial charge in [-0.15, -0.1) is 0 Å². The minimum atomic E-state index is 0.297. The van der Waals surface area contributed by atoms with Crippen LogP contribution in [0.25, 0.3) is 0 Å². The van der Waals surface area contributed by atoms with Crippen LogP contribution in [0.3, 0.4) is 0 Å². The van der Waals surface area contributed by atoms with E-state index in [0.29, 0.717) is 4.75 Å². The SMILES string of the molecule is CCCc1c(NCC)ncnc1N1CCSC(C)(C)C1. The molecule has 1 N–H and O–H groups in total. The van der Waals surface area contributed by atoms with Gasteiger partial charge in [0.1, 0.15) is 18.0 Å². The van der Waals surface area contributed by atoms with Crippen molar-refractivity contribution in [1.29, 1.82) is 0 Å². The quantitative estimate of drug-likeness (QED) is 0.903. The first-order valence-corrected chi connectivity index (χ1v) is 8.52. The molecule has 2 rings (SSSR count). The van der Waals surface area contributed by atoms with Crippen LogP contribution in [0.5, 0.6) is 0 Å². The van der Waals surface area contributed by atoms with Crippen molar-refractivity contribution < 1.29 is 0 Å². The van der Waals surface area contributed by atoms with E-state index >= 15 is 0 Å². The molecule has 1 aromatic heterocycles. The molecule has 0 spiro atoms. The number of rotatable bonds is 5. The third-order valence-corrected chi connectivity index (χ3v) is 4.79. The zero-order chi connectivity index (χ0) is 14.6. The van der Waals surface area contributed by atoms with E-state index in [4.69, 9.17) is 0 Å². The molecule has 1 fully saturated rings. The van der Waals surface area contributed by atoms with Gasteiger partial charge in [0, 0.05) is 35.7 Å². The van der Waals surface area contributed by atoms with E-state index < -0.39 is 0 Å². The standard InChI is InChI=1S/C15H26N4S/c1-5-7-12-13(16-6-2)17-11-18-14(12)19-8-9-20-15(3,4)10-19/h11H,5-10H2,1-4H3,(H,16,17,18). The molecule has 112 valence electrons. The molecule has 0 atom stereocenters. The summed E-state index contributed by atoms with van der Waals surface area (Å²) in [6.45, 7) is 12.0. The fourth-order valence-electron chi connectivity index (χ4n) is 2.67. The van der Waals surface area contributed by atoms with Crippen LogP contribution < -0.4 is 10.2 Å². The van der Waals surface area contributed by atoms with Crippen LogP contribution in [0.2, 0.25) is 0 Å². The third kappa shape index (κ3) is 3.57. The lowest BCUT2D eigenvalue weighted by Crippen LogP contribution is -2.44. The van der Waals surface area contributed by atoms with Gasteiger partial charge in [-0.25, -0.2) is 9.97 Å². The zero-order valence-corrected chi connectivity index (χ0v) is 13.9. The first kappa shape index (κ1) is 15.4. The van der Waals surface area contributed by atoms with E-state index in [2.05, 4.69) is 59.6 Å². The Labute approximate surface area is 126 Å². The van der Waals surface area contributed by atoms with Crippen molar-refractivity contribution in [2.75, 3.05) is 35.6 Å². The predicted octanol–water partition coefficient (Wildman–Crippen LogP) is 3.19. The Kier molecular flexibility index (Phi) is 5.13. The average Bonchev–Trinajstić information content (AvgIpc) is 2.40. The number of nitrogens with one attached hydrogen (secondary N) is 1. The van der Waals surface area contributed by atoms with Gasteiger partial charge in [0.2, 0.25) is 0 Å². The molecule has 0 radical (unpaired) electrons. The molecule has 0 aromatic carbocycles. The van der Waals surface area contributed by atoms with Gasteiger partial charge < -0.3 is 10.2 Å². The molecule has 2 heterocycles. The maximum Gasteiger partial charge on any atom is 0.137 e. The van der Waals surface area contributed by atoms with Crippen molar-refractivity contribution in [3.05, 3.63) is 11.9 Å². The lowest BCUT2D eigenvalue weighted by atomic mass is 10.1. The molecule has 0 bridgehead atoms. The van der Waals surface area contributed by atoms with Crippen molar-refractivity contribution >= 4 is 23.4 Å². The molecule has 1 aliphatic heterocycles. The molecule has 0 saturated carbocycles. The highest BCUT2D eigenvalue weighted by molar-refractivity contribution is 8.00. The minimum Gasteiger partial charge on any atom is -0.370 e. The Morgan fingerprint density at radius 1 is 1.35 bits per heavy atom. The van der Waals surface area contributed by atoms with Crippen molar-refractivity contribution in [2.45, 2.75) is 45.3 Å². The molecule has 20 heavy (non-hydrogen) atoms. The smallest absolute Gasteiger partial charge is 0.137 e. The maximum atomic E-state index is 4.59. The summed E-state index contributed by atoms with van der Waals surface area (Å²) in [5.41, 5.74) is 1.28. The van der Waals surface area contributed by atoms with Gasteiger partial charge in [0.15, 0.2) is 0 Å². The van der Waals surface area contributed by atoms with Crippen molar-refractivity contribution in [3.63, 3.8) is 0 Å². The van der Waals surface area contributed by atoms with E-state index in [0.717, 1.165) is 44.1 Å². The van der Waals surface area contributed by atoms with E-state index in [1.807, 2.05) is 0 Å². The van der Waals surface area contributed by atoms with Gasteiger partial charge in [0.25, 0.3) is 0 Å². The van der Waals surface area contributed by atoms with Crippen LogP contribution in [-0.4, -0.2) is 40.1 Å². The summed E-state index contributed by atoms with van der Waals surface area (Å²) >= 11 is 2.05. The van der Waals surface area contributed by atoms with Gasteiger partial charge in [-0.05, 0) is 27.2 Å². The summed E-state index contributed by atoms with van der Waals surface area (Å²) in [5.74, 6) is 3.31. The molecule has 5 heteroatoms. The molecular formula is C15H26N4S. The molecule has 1 aliphatic rings. The molecule has 0 amide bonds. The zero-order valence-electron chi connectivity index (χ0n) is 13.1. The number of nitrogens with zero attached hydrogens (tertiary/aromatic N) is 3. The molecule has 1 saturated heterocycles. The van der Waals surface area contributed by atoms with Gasteiger partial charge in [0.05, 0.1) is 0 Å². The topological polar surface area (TPSA) is 41.1 Å². The van der Waals surface area contributed by atoms with E-state index in [9.17, 15) is 0 Å². The van der Waals surface area contributed by atoms with Crippen molar-refractivity contribution in [2.24, 2.45) is 0 Å². The highest BCUT2D eigenvalue weighted by Gasteiger charge is 2.29. The average molecular weight is 294 g/mol. The Hall–Kier alpha value is -0.970.